The minimum absolute atomic E-state index is 0.0828. The highest BCUT2D eigenvalue weighted by molar-refractivity contribution is 5.67. The van der Waals surface area contributed by atoms with E-state index in [0.29, 0.717) is 6.42 Å². The Morgan fingerprint density at radius 1 is 1.12 bits per heavy atom. The number of ether oxygens (including phenoxy) is 1. The van der Waals surface area contributed by atoms with Crippen molar-refractivity contribution >= 4 is 6.09 Å². The minimum atomic E-state index is -4.44. The number of aliphatic hydroxyl groups excluding tert-OH is 1. The van der Waals surface area contributed by atoms with Gasteiger partial charge < -0.3 is 15.2 Å². The number of nitrogens with one attached hydrogen (secondary N) is 1. The van der Waals surface area contributed by atoms with Gasteiger partial charge in [-0.15, -0.1) is 0 Å². The van der Waals surface area contributed by atoms with Crippen LogP contribution in [0.25, 0.3) is 0 Å². The third-order valence-corrected chi connectivity index (χ3v) is 3.92. The highest BCUT2D eigenvalue weighted by Gasteiger charge is 2.30. The molecule has 0 radical (unpaired) electrons. The molecular weight excluding hydrogens is 347 g/mol. The molecule has 140 valence electrons. The molecule has 0 heterocycles. The molecule has 0 bridgehead atoms. The van der Waals surface area contributed by atoms with E-state index >= 15 is 0 Å². The van der Waals surface area contributed by atoms with Crippen molar-refractivity contribution in [2.75, 3.05) is 0 Å². The van der Waals surface area contributed by atoms with Gasteiger partial charge in [0.25, 0.3) is 0 Å². The summed E-state index contributed by atoms with van der Waals surface area (Å²) in [6.07, 6.45) is -5.91. The fraction of sp³-hybridized carbons (Fsp3) is 0.316. The topological polar surface area (TPSA) is 58.6 Å². The number of hydrogen-bond donors (Lipinski definition) is 2. The summed E-state index contributed by atoms with van der Waals surface area (Å²) < 4.78 is 42.9. The van der Waals surface area contributed by atoms with Crippen LogP contribution in [0.3, 0.4) is 0 Å². The number of amides is 1. The van der Waals surface area contributed by atoms with Crippen molar-refractivity contribution in [2.45, 2.75) is 38.3 Å². The Balaban J connectivity index is 1.95. The lowest BCUT2D eigenvalue weighted by molar-refractivity contribution is -0.137. The van der Waals surface area contributed by atoms with Crippen LogP contribution in [0.1, 0.15) is 36.1 Å². The summed E-state index contributed by atoms with van der Waals surface area (Å²) in [6, 6.07) is 12.6. The van der Waals surface area contributed by atoms with E-state index in [-0.39, 0.29) is 12.2 Å². The Labute approximate surface area is 149 Å². The Kier molecular flexibility index (Phi) is 6.63. The van der Waals surface area contributed by atoms with Crippen LogP contribution in [0.2, 0.25) is 0 Å². The van der Waals surface area contributed by atoms with E-state index in [1.54, 1.807) is 6.92 Å². The first-order valence-corrected chi connectivity index (χ1v) is 8.13. The number of alkyl halides is 3. The van der Waals surface area contributed by atoms with Gasteiger partial charge in [-0.3, -0.25) is 0 Å². The average molecular weight is 367 g/mol. The molecule has 2 aromatic rings. The summed E-state index contributed by atoms with van der Waals surface area (Å²) in [5.74, 6) is 0. The van der Waals surface area contributed by atoms with Crippen LogP contribution in [0.15, 0.2) is 54.6 Å². The maximum atomic E-state index is 12.6. The van der Waals surface area contributed by atoms with Crippen LogP contribution >= 0.6 is 0 Å². The first-order chi connectivity index (χ1) is 12.3. The van der Waals surface area contributed by atoms with Gasteiger partial charge in [0.1, 0.15) is 6.61 Å². The van der Waals surface area contributed by atoms with Gasteiger partial charge >= 0.3 is 12.3 Å². The van der Waals surface area contributed by atoms with Crippen LogP contribution in [-0.4, -0.2) is 17.2 Å². The summed E-state index contributed by atoms with van der Waals surface area (Å²) in [5, 5.41) is 12.9. The fourth-order valence-electron chi connectivity index (χ4n) is 2.42. The highest BCUT2D eigenvalue weighted by atomic mass is 19.4. The third-order valence-electron chi connectivity index (χ3n) is 3.92. The van der Waals surface area contributed by atoms with E-state index < -0.39 is 30.0 Å². The Morgan fingerprint density at radius 2 is 1.73 bits per heavy atom. The summed E-state index contributed by atoms with van der Waals surface area (Å²) in [4.78, 5) is 11.9. The zero-order valence-electron chi connectivity index (χ0n) is 14.2. The molecule has 0 aromatic heterocycles. The predicted octanol–water partition coefficient (Wildman–Crippen LogP) is 4.44. The minimum Gasteiger partial charge on any atom is -0.445 e. The number of benzene rings is 2. The lowest BCUT2D eigenvalue weighted by Crippen LogP contribution is -2.39. The standard InChI is InChI=1S/C19H20F3NO3/c1-2-16(23-18(25)26-12-13-6-4-3-5-7-13)17(24)14-8-10-15(11-9-14)19(20,21)22/h3-11,16-17,24H,2,12H2,1H3,(H,23,25). The van der Waals surface area contributed by atoms with Crippen molar-refractivity contribution in [3.8, 4) is 0 Å². The average Bonchev–Trinajstić information content (AvgIpc) is 2.64. The molecule has 26 heavy (non-hydrogen) atoms. The Bertz CT molecular complexity index is 702. The molecule has 0 aliphatic carbocycles. The molecule has 2 N–H and O–H groups in total. The third kappa shape index (κ3) is 5.49. The number of alkyl carbamates (subject to hydrolysis) is 1. The number of carbonyl (C=O) groups is 1. The molecule has 1 amide bonds. The quantitative estimate of drug-likeness (QED) is 0.793. The van der Waals surface area contributed by atoms with Gasteiger partial charge in [-0.25, -0.2) is 4.79 Å². The van der Waals surface area contributed by atoms with Crippen LogP contribution in [0.4, 0.5) is 18.0 Å². The van der Waals surface area contributed by atoms with Crippen LogP contribution in [0, 0.1) is 0 Å². The largest absolute Gasteiger partial charge is 0.445 e. The molecule has 2 atom stereocenters. The van der Waals surface area contributed by atoms with Crippen molar-refractivity contribution < 1.29 is 27.8 Å². The first kappa shape index (κ1) is 19.8. The molecule has 2 unspecified atom stereocenters. The van der Waals surface area contributed by atoms with E-state index in [4.69, 9.17) is 4.74 Å². The van der Waals surface area contributed by atoms with Crippen LogP contribution in [0.5, 0.6) is 0 Å². The lowest BCUT2D eigenvalue weighted by atomic mass is 9.99. The van der Waals surface area contributed by atoms with Crippen molar-refractivity contribution in [1.29, 1.82) is 0 Å². The van der Waals surface area contributed by atoms with Gasteiger partial charge in [0, 0.05) is 0 Å². The van der Waals surface area contributed by atoms with Gasteiger partial charge in [0.2, 0.25) is 0 Å². The SMILES string of the molecule is CCC(NC(=O)OCc1ccccc1)C(O)c1ccc(C(F)(F)F)cc1. The molecule has 0 saturated carbocycles. The van der Waals surface area contributed by atoms with Gasteiger partial charge in [-0.2, -0.15) is 13.2 Å². The summed E-state index contributed by atoms with van der Waals surface area (Å²) >= 11 is 0. The summed E-state index contributed by atoms with van der Waals surface area (Å²) in [6.45, 7) is 1.83. The highest BCUT2D eigenvalue weighted by Crippen LogP contribution is 2.30. The van der Waals surface area contributed by atoms with E-state index in [1.165, 1.54) is 12.1 Å². The second kappa shape index (κ2) is 8.71. The van der Waals surface area contributed by atoms with Crippen molar-refractivity contribution in [1.82, 2.24) is 5.32 Å². The monoisotopic (exact) mass is 367 g/mol. The van der Waals surface area contributed by atoms with Crippen molar-refractivity contribution in [3.05, 3.63) is 71.3 Å². The number of hydrogen-bond acceptors (Lipinski definition) is 3. The van der Waals surface area contributed by atoms with E-state index in [0.717, 1.165) is 17.7 Å². The number of halogens is 3. The lowest BCUT2D eigenvalue weighted by Gasteiger charge is -2.23. The molecule has 7 heteroatoms. The molecule has 0 fully saturated rings. The number of aliphatic hydroxyl groups is 1. The maximum absolute atomic E-state index is 12.6. The van der Waals surface area contributed by atoms with Gasteiger partial charge in [-0.05, 0) is 29.7 Å². The second-order valence-electron chi connectivity index (χ2n) is 5.79. The Hall–Kier alpha value is -2.54. The Morgan fingerprint density at radius 3 is 2.27 bits per heavy atom. The molecule has 2 aromatic carbocycles. The van der Waals surface area contributed by atoms with Gasteiger partial charge in [-0.1, -0.05) is 49.4 Å². The van der Waals surface area contributed by atoms with Crippen molar-refractivity contribution in [2.24, 2.45) is 0 Å². The molecule has 0 aliphatic rings. The first-order valence-electron chi connectivity index (χ1n) is 8.13. The van der Waals surface area contributed by atoms with Crippen LogP contribution < -0.4 is 5.32 Å². The van der Waals surface area contributed by atoms with E-state index in [2.05, 4.69) is 5.32 Å². The zero-order chi connectivity index (χ0) is 19.2. The van der Waals surface area contributed by atoms with Gasteiger partial charge in [0.05, 0.1) is 17.7 Å². The van der Waals surface area contributed by atoms with E-state index in [1.807, 2.05) is 30.3 Å². The smallest absolute Gasteiger partial charge is 0.416 e. The summed E-state index contributed by atoms with van der Waals surface area (Å²) in [7, 11) is 0. The molecule has 0 spiro atoms. The van der Waals surface area contributed by atoms with E-state index in [9.17, 15) is 23.1 Å². The second-order valence-corrected chi connectivity index (χ2v) is 5.79. The number of rotatable bonds is 6. The number of carbonyl (C=O) groups excluding carboxylic acids is 1. The molecule has 0 aliphatic heterocycles. The summed E-state index contributed by atoms with van der Waals surface area (Å²) in [5.41, 5.74) is 0.309. The fourth-order valence-corrected chi connectivity index (χ4v) is 2.42. The normalized spacial score (nSPS) is 13.7. The predicted molar refractivity (Wildman–Crippen MR) is 90.2 cm³/mol. The van der Waals surface area contributed by atoms with Crippen LogP contribution in [-0.2, 0) is 17.5 Å². The maximum Gasteiger partial charge on any atom is 0.416 e. The molecular formula is C19H20F3NO3. The zero-order valence-corrected chi connectivity index (χ0v) is 14.2. The molecule has 2 rings (SSSR count). The molecule has 4 nitrogen and oxygen atoms in total. The molecule has 0 saturated heterocycles. The van der Waals surface area contributed by atoms with Gasteiger partial charge in [0.15, 0.2) is 0 Å². The van der Waals surface area contributed by atoms with Crippen molar-refractivity contribution in [3.63, 3.8) is 0 Å².